The van der Waals surface area contributed by atoms with Gasteiger partial charge < -0.3 is 18.9 Å². The van der Waals surface area contributed by atoms with Crippen LogP contribution in [0.5, 0.6) is 0 Å². The van der Waals surface area contributed by atoms with Gasteiger partial charge in [-0.2, -0.15) is 0 Å². The predicted octanol–water partition coefficient (Wildman–Crippen LogP) is 12.8. The highest BCUT2D eigenvalue weighted by atomic mass is 16.3. The summed E-state index contributed by atoms with van der Waals surface area (Å²) >= 11 is 0. The minimum absolute atomic E-state index is 0.0398. The minimum Gasteiger partial charge on any atom is -0.454 e. The van der Waals surface area contributed by atoms with Crippen LogP contribution >= 0.6 is 0 Å². The molecule has 0 aliphatic carbocycles. The van der Waals surface area contributed by atoms with Crippen LogP contribution in [0.4, 0.5) is 0 Å². The van der Waals surface area contributed by atoms with Crippen LogP contribution in [0.25, 0.3) is 82.6 Å². The van der Waals surface area contributed by atoms with Gasteiger partial charge in [-0.1, -0.05) is 133 Å². The third-order valence-electron chi connectivity index (χ3n) is 11.8. The summed E-state index contributed by atoms with van der Waals surface area (Å²) in [5.74, 6) is 0. The second kappa shape index (κ2) is 12.6. The Kier molecular flexibility index (Phi) is 7.06. The van der Waals surface area contributed by atoms with Crippen LogP contribution in [0.15, 0.2) is 199 Å². The summed E-state index contributed by atoms with van der Waals surface area (Å²) in [5.41, 5.74) is 13.3. The van der Waals surface area contributed by atoms with Crippen molar-refractivity contribution in [2.45, 2.75) is 12.2 Å². The fourth-order valence-electron chi connectivity index (χ4n) is 9.18. The molecule has 0 bridgehead atoms. The molecule has 2 unspecified atom stereocenters. The van der Waals surface area contributed by atoms with Crippen LogP contribution in [0, 0.1) is 0 Å². The number of furan rings is 1. The largest absolute Gasteiger partial charge is 0.454 e. The molecule has 8 aromatic carbocycles. The van der Waals surface area contributed by atoms with Crippen molar-refractivity contribution >= 4 is 71.2 Å². The minimum atomic E-state index is -0.120. The quantitative estimate of drug-likeness (QED) is 0.185. The van der Waals surface area contributed by atoms with Gasteiger partial charge >= 0.3 is 0 Å². The fourth-order valence-corrected chi connectivity index (χ4v) is 9.18. The van der Waals surface area contributed by atoms with Crippen LogP contribution in [-0.2, 0) is 0 Å². The van der Waals surface area contributed by atoms with Crippen LogP contribution in [0.1, 0.15) is 28.9 Å². The maximum absolute atomic E-state index is 6.70. The Morgan fingerprint density at radius 3 is 1.89 bits per heavy atom. The number of aromatic nitrogens is 2. The summed E-state index contributed by atoms with van der Waals surface area (Å²) in [5, 5.41) is 14.8. The molecule has 0 amide bonds. The zero-order chi connectivity index (χ0) is 37.5. The molecule has 5 nitrogen and oxygen atoms in total. The fraction of sp³-hybridized carbons (Fsp3) is 0.0385. The van der Waals surface area contributed by atoms with Crippen molar-refractivity contribution in [1.82, 2.24) is 19.8 Å². The van der Waals surface area contributed by atoms with Gasteiger partial charge in [-0.25, -0.2) is 0 Å². The molecule has 1 aliphatic rings. The van der Waals surface area contributed by atoms with Crippen molar-refractivity contribution in [2.24, 2.45) is 0 Å². The monoisotopic (exact) mass is 732 g/mol. The SMILES string of the molecule is C1=C(c2ccccc2)NC(c2cccc(-n3c4ccccc4c4cc5c(cc43)c3ccc4c6ccccc6oc4c3n5-c3ccccc3)c2)NC1c1ccccc1. The first-order chi connectivity index (χ1) is 28.3. The lowest BCUT2D eigenvalue weighted by Gasteiger charge is -2.33. The van der Waals surface area contributed by atoms with E-state index in [-0.39, 0.29) is 12.2 Å². The van der Waals surface area contributed by atoms with Crippen LogP contribution in [-0.4, -0.2) is 9.13 Å². The lowest BCUT2D eigenvalue weighted by atomic mass is 9.98. The zero-order valence-corrected chi connectivity index (χ0v) is 30.9. The van der Waals surface area contributed by atoms with E-state index in [1.165, 1.54) is 32.8 Å². The second-order valence-electron chi connectivity index (χ2n) is 15.0. The molecule has 4 heterocycles. The molecule has 11 aromatic rings. The Morgan fingerprint density at radius 1 is 0.439 bits per heavy atom. The van der Waals surface area contributed by atoms with Gasteiger partial charge in [0.2, 0.25) is 0 Å². The van der Waals surface area contributed by atoms with E-state index in [1.54, 1.807) is 0 Å². The molecule has 2 N–H and O–H groups in total. The summed E-state index contributed by atoms with van der Waals surface area (Å²) in [6.07, 6.45) is 2.18. The molecule has 1 aliphatic heterocycles. The lowest BCUT2D eigenvalue weighted by Crippen LogP contribution is -2.39. The topological polar surface area (TPSA) is 47.1 Å². The molecular weight excluding hydrogens is 697 g/mol. The van der Waals surface area contributed by atoms with Crippen molar-refractivity contribution in [3.8, 4) is 11.4 Å². The summed E-state index contributed by atoms with van der Waals surface area (Å²) in [4.78, 5) is 0. The normalized spacial score (nSPS) is 15.9. The van der Waals surface area contributed by atoms with E-state index in [1.807, 2.05) is 6.07 Å². The molecule has 5 heteroatoms. The first-order valence-electron chi connectivity index (χ1n) is 19.6. The first kappa shape index (κ1) is 32.0. The van der Waals surface area contributed by atoms with E-state index < -0.39 is 0 Å². The zero-order valence-electron chi connectivity index (χ0n) is 30.9. The number of nitrogens with zero attached hydrogens (tertiary/aromatic N) is 2. The molecule has 0 spiro atoms. The molecule has 270 valence electrons. The number of hydrogen-bond donors (Lipinski definition) is 2. The molecule has 57 heavy (non-hydrogen) atoms. The van der Waals surface area contributed by atoms with Crippen molar-refractivity contribution in [3.05, 3.63) is 211 Å². The number of fused-ring (bicyclic) bond motifs is 10. The molecule has 0 radical (unpaired) electrons. The van der Waals surface area contributed by atoms with Crippen LogP contribution < -0.4 is 10.6 Å². The van der Waals surface area contributed by atoms with Crippen molar-refractivity contribution < 1.29 is 4.42 Å². The Bertz CT molecular complexity index is 3360. The van der Waals surface area contributed by atoms with Crippen molar-refractivity contribution in [3.63, 3.8) is 0 Å². The van der Waals surface area contributed by atoms with Crippen LogP contribution in [0.3, 0.4) is 0 Å². The number of benzene rings is 8. The van der Waals surface area contributed by atoms with Gasteiger partial charge in [0.25, 0.3) is 0 Å². The molecule has 12 rings (SSSR count). The summed E-state index contributed by atoms with van der Waals surface area (Å²) in [6.45, 7) is 0. The van der Waals surface area contributed by atoms with E-state index in [9.17, 15) is 0 Å². The van der Waals surface area contributed by atoms with Gasteiger partial charge in [-0.05, 0) is 77.4 Å². The standard InChI is InChI=1S/C52H36N4O/c1-4-15-33(16-5-1)44-32-45(34-17-6-2-7-18-34)54-52(53-44)35-19-14-22-37(29-35)55-46-25-12-10-23-38(46)42-30-48-43(31-47(42)55)40-27-28-41-39-24-11-13-26-49(39)57-51(41)50(40)56(48)36-20-8-3-9-21-36/h1-32,44,52-54H. The first-order valence-corrected chi connectivity index (χ1v) is 19.6. The average Bonchev–Trinajstić information content (AvgIpc) is 3.94. The summed E-state index contributed by atoms with van der Waals surface area (Å²) < 4.78 is 11.5. The third kappa shape index (κ3) is 4.99. The highest BCUT2D eigenvalue weighted by Gasteiger charge is 2.26. The van der Waals surface area contributed by atoms with Gasteiger partial charge in [0.15, 0.2) is 5.58 Å². The lowest BCUT2D eigenvalue weighted by molar-refractivity contribution is 0.442. The number of hydrogen-bond acceptors (Lipinski definition) is 3. The van der Waals surface area contributed by atoms with Crippen molar-refractivity contribution in [2.75, 3.05) is 0 Å². The number of para-hydroxylation sites is 3. The highest BCUT2D eigenvalue weighted by molar-refractivity contribution is 6.24. The predicted molar refractivity (Wildman–Crippen MR) is 235 cm³/mol. The second-order valence-corrected chi connectivity index (χ2v) is 15.0. The summed E-state index contributed by atoms with van der Waals surface area (Å²) in [6, 6.07) is 67.4. The highest BCUT2D eigenvalue weighted by Crippen LogP contribution is 2.43. The van der Waals surface area contributed by atoms with Gasteiger partial charge in [0.1, 0.15) is 11.7 Å². The third-order valence-corrected chi connectivity index (χ3v) is 11.8. The van der Waals surface area contributed by atoms with E-state index >= 15 is 0 Å². The Balaban J connectivity index is 1.07. The average molecular weight is 733 g/mol. The van der Waals surface area contributed by atoms with Gasteiger partial charge in [-0.3, -0.25) is 5.32 Å². The molecule has 2 atom stereocenters. The van der Waals surface area contributed by atoms with E-state index in [2.05, 4.69) is 208 Å². The van der Waals surface area contributed by atoms with Crippen molar-refractivity contribution in [1.29, 1.82) is 0 Å². The molecule has 0 saturated carbocycles. The van der Waals surface area contributed by atoms with Gasteiger partial charge in [-0.15, -0.1) is 0 Å². The molecule has 3 aromatic heterocycles. The maximum Gasteiger partial charge on any atom is 0.160 e. The molecular formula is C52H36N4O. The van der Waals surface area contributed by atoms with Crippen LogP contribution in [0.2, 0.25) is 0 Å². The molecule has 0 fully saturated rings. The smallest absolute Gasteiger partial charge is 0.160 e. The van der Waals surface area contributed by atoms with Gasteiger partial charge in [0, 0.05) is 49.4 Å². The number of nitrogens with one attached hydrogen (secondary N) is 2. The number of rotatable bonds is 5. The Labute approximate surface area is 328 Å². The van der Waals surface area contributed by atoms with E-state index in [4.69, 9.17) is 4.42 Å². The maximum atomic E-state index is 6.70. The summed E-state index contributed by atoms with van der Waals surface area (Å²) in [7, 11) is 0. The van der Waals surface area contributed by atoms with E-state index in [0.717, 1.165) is 66.5 Å². The van der Waals surface area contributed by atoms with Gasteiger partial charge in [0.05, 0.1) is 28.1 Å². The Hall–Kier alpha value is -7.34. The Morgan fingerprint density at radius 2 is 1.07 bits per heavy atom. The van der Waals surface area contributed by atoms with E-state index in [0.29, 0.717) is 0 Å². The molecule has 0 saturated heterocycles.